The summed E-state index contributed by atoms with van der Waals surface area (Å²) < 4.78 is 32.6. The molecule has 14 heteroatoms. The Balaban J connectivity index is 1.33. The van der Waals surface area contributed by atoms with Crippen molar-refractivity contribution in [3.05, 3.63) is 167 Å². The Bertz CT molecular complexity index is 2430. The zero-order valence-electron chi connectivity index (χ0n) is 38.7. The fourth-order valence-electron chi connectivity index (χ4n) is 6.23. The predicted octanol–water partition coefficient (Wildman–Crippen LogP) is 10.6. The van der Waals surface area contributed by atoms with E-state index < -0.39 is 23.9 Å². The van der Waals surface area contributed by atoms with Crippen LogP contribution in [-0.4, -0.2) is 61.7 Å². The first-order chi connectivity index (χ1) is 32.9. The number of hydrogen-bond donors (Lipinski definition) is 0. The summed E-state index contributed by atoms with van der Waals surface area (Å²) in [7, 11) is 0. The normalized spacial score (nSPS) is 11.9. The van der Waals surface area contributed by atoms with Gasteiger partial charge in [0, 0.05) is 12.2 Å². The van der Waals surface area contributed by atoms with Crippen molar-refractivity contribution in [3.8, 4) is 29.1 Å². The standard InChI is InChI=1S/C54H54N4O10/c1-8-48(41-20-28-45(29-21-41)67-53(61)47(36-55)37(5)39-16-24-43(25-17-39)63-32-12-14-34-65-50(59)10-3)57-58-49(9-2)42-22-30-46(31-23-42)68-54(62)52(56-7)38(6)40-18-26-44(27-19-40)64-33-13-15-35-66-51(60)11-4/h10-11,16-31H,3-4,8-9,12-15,32-35H2,1-2,5-6H3/b47-37+,52-38-,57-48-,58-49-. The molecule has 0 atom stereocenters. The number of carbonyl (C=O) groups is 4. The Hall–Kier alpha value is -8.36. The van der Waals surface area contributed by atoms with Gasteiger partial charge in [-0.1, -0.05) is 51.3 Å². The Morgan fingerprint density at radius 3 is 1.32 bits per heavy atom. The molecule has 4 aromatic carbocycles. The topological polar surface area (TPSA) is 177 Å². The quantitative estimate of drug-likeness (QED) is 0.00903. The van der Waals surface area contributed by atoms with Crippen LogP contribution in [-0.2, 0) is 28.7 Å². The predicted molar refractivity (Wildman–Crippen MR) is 260 cm³/mol. The number of carbonyl (C=O) groups excluding carboxylic acids is 4. The molecule has 0 heterocycles. The van der Waals surface area contributed by atoms with Gasteiger partial charge in [-0.3, -0.25) is 4.79 Å². The maximum Gasteiger partial charge on any atom is 0.354 e. The highest BCUT2D eigenvalue weighted by molar-refractivity contribution is 6.05. The van der Waals surface area contributed by atoms with Crippen LogP contribution in [0.15, 0.2) is 144 Å². The molecule has 0 spiro atoms. The number of benzene rings is 4. The van der Waals surface area contributed by atoms with Crippen molar-refractivity contribution < 1.29 is 47.6 Å². The van der Waals surface area contributed by atoms with E-state index in [0.29, 0.717) is 96.9 Å². The molecule has 0 amide bonds. The Kier molecular flexibility index (Phi) is 21.4. The van der Waals surface area contributed by atoms with E-state index in [1.54, 1.807) is 111 Å². The van der Waals surface area contributed by atoms with Crippen LogP contribution in [0.5, 0.6) is 23.0 Å². The van der Waals surface area contributed by atoms with Gasteiger partial charge in [0.2, 0.25) is 0 Å². The summed E-state index contributed by atoms with van der Waals surface area (Å²) in [6, 6.07) is 29.6. The van der Waals surface area contributed by atoms with Gasteiger partial charge in [0.1, 0.15) is 34.6 Å². The third kappa shape index (κ3) is 16.3. The van der Waals surface area contributed by atoms with Crippen LogP contribution in [0, 0.1) is 17.9 Å². The molecule has 0 aliphatic rings. The van der Waals surface area contributed by atoms with Crippen molar-refractivity contribution in [1.82, 2.24) is 0 Å². The minimum Gasteiger partial charge on any atom is -0.494 e. The van der Waals surface area contributed by atoms with Crippen molar-refractivity contribution in [3.63, 3.8) is 0 Å². The average molecular weight is 919 g/mol. The van der Waals surface area contributed by atoms with E-state index in [2.05, 4.69) is 28.2 Å². The summed E-state index contributed by atoms with van der Waals surface area (Å²) in [4.78, 5) is 52.0. The molecule has 0 radical (unpaired) electrons. The van der Waals surface area contributed by atoms with E-state index >= 15 is 0 Å². The van der Waals surface area contributed by atoms with Gasteiger partial charge >= 0.3 is 23.9 Å². The first-order valence-electron chi connectivity index (χ1n) is 22.0. The molecule has 0 saturated heterocycles. The second kappa shape index (κ2) is 27.8. The zero-order valence-corrected chi connectivity index (χ0v) is 38.7. The lowest BCUT2D eigenvalue weighted by atomic mass is 10.0. The Morgan fingerprint density at radius 1 is 0.574 bits per heavy atom. The zero-order chi connectivity index (χ0) is 49.3. The van der Waals surface area contributed by atoms with Crippen molar-refractivity contribution in [2.24, 2.45) is 10.2 Å². The maximum absolute atomic E-state index is 13.2. The summed E-state index contributed by atoms with van der Waals surface area (Å²) in [6.45, 7) is 23.1. The van der Waals surface area contributed by atoms with E-state index in [4.69, 9.17) is 35.0 Å². The molecule has 4 aromatic rings. The van der Waals surface area contributed by atoms with Crippen LogP contribution in [0.1, 0.15) is 88.5 Å². The summed E-state index contributed by atoms with van der Waals surface area (Å²) >= 11 is 0. The first kappa shape index (κ1) is 52.3. The van der Waals surface area contributed by atoms with Crippen LogP contribution in [0.4, 0.5) is 0 Å². The molecule has 68 heavy (non-hydrogen) atoms. The lowest BCUT2D eigenvalue weighted by Crippen LogP contribution is -2.12. The van der Waals surface area contributed by atoms with Crippen molar-refractivity contribution in [2.45, 2.75) is 66.2 Å². The molecular formula is C54H54N4O10. The number of esters is 4. The fraction of sp³-hybridized carbons (Fsp3) is 0.259. The number of hydrogen-bond acceptors (Lipinski definition) is 13. The monoisotopic (exact) mass is 918 g/mol. The number of ether oxygens (including phenoxy) is 6. The highest BCUT2D eigenvalue weighted by atomic mass is 16.5. The summed E-state index contributed by atoms with van der Waals surface area (Å²) in [5.74, 6) is -0.744. The average Bonchev–Trinajstić information content (AvgIpc) is 3.36. The van der Waals surface area contributed by atoms with Crippen LogP contribution in [0.2, 0.25) is 0 Å². The minimum atomic E-state index is -0.791. The van der Waals surface area contributed by atoms with Crippen molar-refractivity contribution in [1.29, 1.82) is 5.26 Å². The van der Waals surface area contributed by atoms with E-state index in [0.717, 1.165) is 23.3 Å². The lowest BCUT2D eigenvalue weighted by molar-refractivity contribution is -0.138. The number of nitrogens with zero attached hydrogens (tertiary/aromatic N) is 4. The summed E-state index contributed by atoms with van der Waals surface area (Å²) in [5, 5.41) is 19.0. The van der Waals surface area contributed by atoms with E-state index in [1.165, 1.54) is 0 Å². The van der Waals surface area contributed by atoms with Gasteiger partial charge in [-0.05, 0) is 159 Å². The Morgan fingerprint density at radius 2 is 0.941 bits per heavy atom. The molecule has 14 nitrogen and oxygen atoms in total. The number of nitriles is 1. The molecule has 0 aromatic heterocycles. The van der Waals surface area contributed by atoms with Gasteiger partial charge in [-0.15, -0.1) is 0 Å². The van der Waals surface area contributed by atoms with Gasteiger partial charge in [-0.25, -0.2) is 19.2 Å². The lowest BCUT2D eigenvalue weighted by Gasteiger charge is -2.10. The molecule has 0 aliphatic heterocycles. The highest BCUT2D eigenvalue weighted by Gasteiger charge is 2.19. The number of rotatable bonds is 25. The number of unbranched alkanes of at least 4 members (excludes halogenated alkanes) is 2. The summed E-state index contributed by atoms with van der Waals surface area (Å²) in [5.41, 5.74) is 4.84. The minimum absolute atomic E-state index is 0.137. The highest BCUT2D eigenvalue weighted by Crippen LogP contribution is 2.26. The first-order valence-corrected chi connectivity index (χ1v) is 22.0. The van der Waals surface area contributed by atoms with Gasteiger partial charge in [0.05, 0.1) is 44.4 Å². The molecule has 0 fully saturated rings. The van der Waals surface area contributed by atoms with E-state index in [9.17, 15) is 24.4 Å². The van der Waals surface area contributed by atoms with Crippen molar-refractivity contribution in [2.75, 3.05) is 26.4 Å². The molecule has 350 valence electrons. The molecule has 0 unspecified atom stereocenters. The van der Waals surface area contributed by atoms with Gasteiger partial charge < -0.3 is 28.4 Å². The third-order valence-electron chi connectivity index (χ3n) is 10.1. The largest absolute Gasteiger partial charge is 0.494 e. The SMILES string of the molecule is [C-]#[N+]/C(C(=O)Oc1ccc(/C(CC)=N\N=C(\CC)c2ccc(OC(=O)/C(C#N)=C(\C)c3ccc(OCCCCOC(=O)C=C)cc3)cc2)cc1)=C(/C)c1ccc(OCCCCOC(=O)C=C)cc1. The van der Waals surface area contributed by atoms with Gasteiger partial charge in [0.25, 0.3) is 5.70 Å². The molecule has 0 N–H and O–H groups in total. The molecule has 0 saturated carbocycles. The van der Waals surface area contributed by atoms with E-state index in [1.807, 2.05) is 19.9 Å². The van der Waals surface area contributed by atoms with Gasteiger partial charge in [-0.2, -0.15) is 15.5 Å². The molecule has 4 rings (SSSR count). The molecule has 0 bridgehead atoms. The molecule has 0 aliphatic carbocycles. The van der Waals surface area contributed by atoms with Crippen LogP contribution in [0.3, 0.4) is 0 Å². The van der Waals surface area contributed by atoms with Crippen LogP contribution in [0.25, 0.3) is 16.0 Å². The van der Waals surface area contributed by atoms with Gasteiger partial charge in [0.15, 0.2) is 0 Å². The Labute approximate surface area is 397 Å². The molecular weight excluding hydrogens is 865 g/mol. The fourth-order valence-corrected chi connectivity index (χ4v) is 6.23. The maximum atomic E-state index is 13.2. The second-order valence-corrected chi connectivity index (χ2v) is 14.7. The van der Waals surface area contributed by atoms with E-state index in [-0.39, 0.29) is 36.0 Å². The van der Waals surface area contributed by atoms with Crippen LogP contribution >= 0.6 is 0 Å². The van der Waals surface area contributed by atoms with Crippen LogP contribution < -0.4 is 18.9 Å². The second-order valence-electron chi connectivity index (χ2n) is 14.7. The van der Waals surface area contributed by atoms with Crippen molar-refractivity contribution >= 4 is 46.4 Å². The summed E-state index contributed by atoms with van der Waals surface area (Å²) in [6.07, 6.45) is 6.01. The number of allylic oxidation sites excluding steroid dienone is 2. The third-order valence-corrected chi connectivity index (χ3v) is 10.1. The smallest absolute Gasteiger partial charge is 0.354 e.